The van der Waals surface area contributed by atoms with E-state index in [1.54, 1.807) is 35.9 Å². The summed E-state index contributed by atoms with van der Waals surface area (Å²) >= 11 is 7.61. The number of hydrogen-bond donors (Lipinski definition) is 1. The molecule has 1 aliphatic heterocycles. The molecule has 0 unspecified atom stereocenters. The zero-order valence-corrected chi connectivity index (χ0v) is 19.3. The van der Waals surface area contributed by atoms with E-state index in [1.807, 2.05) is 0 Å². The number of fused-ring (bicyclic) bond motifs is 1. The van der Waals surface area contributed by atoms with Gasteiger partial charge < -0.3 is 5.32 Å². The van der Waals surface area contributed by atoms with Gasteiger partial charge in [0.05, 0.1) is 15.1 Å². The number of hydrogen-bond acceptors (Lipinski definition) is 7. The van der Waals surface area contributed by atoms with E-state index < -0.39 is 10.0 Å². The Bertz CT molecular complexity index is 1140. The lowest BCUT2D eigenvalue weighted by Gasteiger charge is -2.35. The molecule has 0 aliphatic carbocycles. The topological polar surface area (TPSA) is 78.4 Å². The van der Waals surface area contributed by atoms with Crippen LogP contribution in [0.15, 0.2) is 40.9 Å². The summed E-state index contributed by atoms with van der Waals surface area (Å²) in [7, 11) is -3.52. The largest absolute Gasteiger partial charge is 0.365 e. The maximum Gasteiger partial charge on any atom is 0.243 e. The molecule has 0 amide bonds. The summed E-state index contributed by atoms with van der Waals surface area (Å²) in [5.41, 5.74) is 2.15. The Morgan fingerprint density at radius 3 is 2.73 bits per heavy atom. The van der Waals surface area contributed by atoms with Crippen molar-refractivity contribution in [2.75, 3.05) is 38.0 Å². The fraction of sp³-hybridized carbons (Fsp3) is 0.400. The molecule has 0 saturated carbocycles. The number of anilines is 1. The molecular weight excluding hydrogens is 442 g/mol. The SMILES string of the molecule is Cc1csc2c(N[C@@H](C)CN3CCN(S(=O)(=O)c4cccc(Cl)c4)CC3)ncnc12. The number of nitrogens with one attached hydrogen (secondary N) is 1. The molecule has 1 aromatic carbocycles. The fourth-order valence-electron chi connectivity index (χ4n) is 3.67. The Labute approximate surface area is 185 Å². The Balaban J connectivity index is 1.35. The van der Waals surface area contributed by atoms with Crippen molar-refractivity contribution in [3.63, 3.8) is 0 Å². The number of nitrogens with zero attached hydrogens (tertiary/aromatic N) is 4. The third-order valence-electron chi connectivity index (χ3n) is 5.21. The van der Waals surface area contributed by atoms with Gasteiger partial charge in [0, 0.05) is 43.8 Å². The second-order valence-corrected chi connectivity index (χ2v) is 10.8. The summed E-state index contributed by atoms with van der Waals surface area (Å²) in [6.07, 6.45) is 1.59. The predicted molar refractivity (Wildman–Crippen MR) is 122 cm³/mol. The standard InChI is InChI=1S/C20H24ClN5O2S2/c1-14-12-29-19-18(14)22-13-23-20(19)24-15(2)11-25-6-8-26(9-7-25)30(27,28)17-5-3-4-16(21)10-17/h3-5,10,12-13,15H,6-9,11H2,1-2H3,(H,22,23,24)/t15-/m0/s1. The zero-order valence-electron chi connectivity index (χ0n) is 16.9. The molecule has 1 aliphatic rings. The van der Waals surface area contributed by atoms with Gasteiger partial charge in [-0.05, 0) is 43.0 Å². The van der Waals surface area contributed by atoms with Gasteiger partial charge in [0.25, 0.3) is 0 Å². The van der Waals surface area contributed by atoms with Crippen molar-refractivity contribution < 1.29 is 8.42 Å². The first-order chi connectivity index (χ1) is 14.3. The van der Waals surface area contributed by atoms with Crippen LogP contribution in [-0.2, 0) is 10.0 Å². The lowest BCUT2D eigenvalue weighted by molar-refractivity contribution is 0.184. The lowest BCUT2D eigenvalue weighted by Crippen LogP contribution is -2.50. The second-order valence-electron chi connectivity index (χ2n) is 7.53. The molecule has 2 aromatic heterocycles. The first kappa shape index (κ1) is 21.5. The van der Waals surface area contributed by atoms with Crippen molar-refractivity contribution in [3.05, 3.63) is 46.6 Å². The van der Waals surface area contributed by atoms with Crippen LogP contribution in [0.1, 0.15) is 12.5 Å². The minimum absolute atomic E-state index is 0.168. The maximum absolute atomic E-state index is 12.9. The molecule has 4 rings (SSSR count). The fourth-order valence-corrected chi connectivity index (χ4v) is 6.35. The minimum atomic E-state index is -3.52. The number of benzene rings is 1. The molecule has 7 nitrogen and oxygen atoms in total. The van der Waals surface area contributed by atoms with Crippen LogP contribution in [0.25, 0.3) is 10.2 Å². The third kappa shape index (κ3) is 4.45. The smallest absolute Gasteiger partial charge is 0.243 e. The van der Waals surface area contributed by atoms with Crippen LogP contribution in [0.4, 0.5) is 5.82 Å². The first-order valence-electron chi connectivity index (χ1n) is 9.78. The van der Waals surface area contributed by atoms with Gasteiger partial charge in [-0.3, -0.25) is 4.90 Å². The Morgan fingerprint density at radius 1 is 1.23 bits per heavy atom. The first-order valence-corrected chi connectivity index (χ1v) is 12.5. The molecule has 1 fully saturated rings. The van der Waals surface area contributed by atoms with Gasteiger partial charge in [-0.1, -0.05) is 17.7 Å². The highest BCUT2D eigenvalue weighted by molar-refractivity contribution is 7.89. The van der Waals surface area contributed by atoms with Crippen LogP contribution in [0, 0.1) is 6.92 Å². The number of halogens is 1. The Kier molecular flexibility index (Phi) is 6.26. The van der Waals surface area contributed by atoms with E-state index in [-0.39, 0.29) is 10.9 Å². The van der Waals surface area contributed by atoms with E-state index in [1.165, 1.54) is 10.4 Å². The number of piperazine rings is 1. The van der Waals surface area contributed by atoms with Crippen LogP contribution < -0.4 is 5.32 Å². The van der Waals surface area contributed by atoms with Gasteiger partial charge in [-0.2, -0.15) is 4.31 Å². The maximum atomic E-state index is 12.9. The summed E-state index contributed by atoms with van der Waals surface area (Å²) in [6, 6.07) is 6.60. The molecule has 0 bridgehead atoms. The van der Waals surface area contributed by atoms with Crippen LogP contribution in [0.2, 0.25) is 5.02 Å². The molecule has 1 N–H and O–H groups in total. The second kappa shape index (κ2) is 8.76. The third-order valence-corrected chi connectivity index (χ3v) is 8.43. The lowest BCUT2D eigenvalue weighted by atomic mass is 10.2. The molecular formula is C20H24ClN5O2S2. The summed E-state index contributed by atoms with van der Waals surface area (Å²) in [5, 5.41) is 6.01. The quantitative estimate of drug-likeness (QED) is 0.600. The Hall–Kier alpha value is -1.78. The van der Waals surface area contributed by atoms with Crippen molar-refractivity contribution >= 4 is 49.0 Å². The van der Waals surface area contributed by atoms with E-state index in [0.29, 0.717) is 31.2 Å². The summed E-state index contributed by atoms with van der Waals surface area (Å²) < 4.78 is 28.3. The highest BCUT2D eigenvalue weighted by Crippen LogP contribution is 2.29. The van der Waals surface area contributed by atoms with E-state index in [0.717, 1.165) is 28.1 Å². The van der Waals surface area contributed by atoms with Gasteiger partial charge in [0.2, 0.25) is 10.0 Å². The number of sulfonamides is 1. The number of thiophene rings is 1. The molecule has 0 spiro atoms. The van der Waals surface area contributed by atoms with E-state index >= 15 is 0 Å². The predicted octanol–water partition coefficient (Wildman–Crippen LogP) is 3.46. The highest BCUT2D eigenvalue weighted by Gasteiger charge is 2.29. The van der Waals surface area contributed by atoms with Crippen LogP contribution in [0.5, 0.6) is 0 Å². The van der Waals surface area contributed by atoms with Gasteiger partial charge >= 0.3 is 0 Å². The normalized spacial score (nSPS) is 17.3. The average Bonchev–Trinajstić information content (AvgIpc) is 3.10. The summed E-state index contributed by atoms with van der Waals surface area (Å²) in [5.74, 6) is 0.854. The van der Waals surface area contributed by atoms with Crippen molar-refractivity contribution in [2.24, 2.45) is 0 Å². The van der Waals surface area contributed by atoms with Gasteiger partial charge in [0.1, 0.15) is 12.1 Å². The number of aromatic nitrogens is 2. The van der Waals surface area contributed by atoms with E-state index in [2.05, 4.69) is 39.4 Å². The number of rotatable bonds is 6. The van der Waals surface area contributed by atoms with Gasteiger partial charge in [0.15, 0.2) is 0 Å². The van der Waals surface area contributed by atoms with Gasteiger partial charge in [-0.25, -0.2) is 18.4 Å². The monoisotopic (exact) mass is 465 g/mol. The molecule has 1 saturated heterocycles. The van der Waals surface area contributed by atoms with Crippen LogP contribution >= 0.6 is 22.9 Å². The molecule has 0 radical (unpaired) electrons. The summed E-state index contributed by atoms with van der Waals surface area (Å²) in [4.78, 5) is 11.3. The van der Waals surface area contributed by atoms with Crippen molar-refractivity contribution in [3.8, 4) is 0 Å². The van der Waals surface area contributed by atoms with E-state index in [9.17, 15) is 8.42 Å². The highest BCUT2D eigenvalue weighted by atomic mass is 35.5. The zero-order chi connectivity index (χ0) is 21.3. The van der Waals surface area contributed by atoms with Crippen LogP contribution in [-0.4, -0.2) is 66.4 Å². The minimum Gasteiger partial charge on any atom is -0.365 e. The van der Waals surface area contributed by atoms with Crippen molar-refractivity contribution in [1.82, 2.24) is 19.2 Å². The average molecular weight is 466 g/mol. The number of aryl methyl sites for hydroxylation is 1. The Morgan fingerprint density at radius 2 is 2.00 bits per heavy atom. The molecule has 3 heterocycles. The molecule has 160 valence electrons. The molecule has 3 aromatic rings. The van der Waals surface area contributed by atoms with Crippen LogP contribution in [0.3, 0.4) is 0 Å². The van der Waals surface area contributed by atoms with Crippen molar-refractivity contribution in [1.29, 1.82) is 0 Å². The molecule has 30 heavy (non-hydrogen) atoms. The molecule has 10 heteroatoms. The van der Waals surface area contributed by atoms with Crippen molar-refractivity contribution in [2.45, 2.75) is 24.8 Å². The van der Waals surface area contributed by atoms with Gasteiger partial charge in [-0.15, -0.1) is 11.3 Å². The summed E-state index contributed by atoms with van der Waals surface area (Å²) in [6.45, 7) is 7.26. The molecule has 1 atom stereocenters. The van der Waals surface area contributed by atoms with E-state index in [4.69, 9.17) is 11.6 Å².